The van der Waals surface area contributed by atoms with Crippen LogP contribution in [0, 0.1) is 17.3 Å². The Morgan fingerprint density at radius 1 is 1.20 bits per heavy atom. The lowest BCUT2D eigenvalue weighted by Gasteiger charge is -2.29. The topological polar surface area (TPSA) is 57.6 Å². The largest absolute Gasteiger partial charge is 0.481 e. The number of carboxylic acid groups (broad SMARTS) is 1. The summed E-state index contributed by atoms with van der Waals surface area (Å²) in [4.78, 5) is 25.6. The highest BCUT2D eigenvalue weighted by molar-refractivity contribution is 5.91. The van der Waals surface area contributed by atoms with Gasteiger partial charge in [-0.3, -0.25) is 9.59 Å². The van der Waals surface area contributed by atoms with Crippen LogP contribution in [0.2, 0.25) is 0 Å². The molecule has 1 aromatic carbocycles. The molecule has 4 nitrogen and oxygen atoms in total. The number of carbonyl (C=O) groups excluding carboxylic acids is 1. The summed E-state index contributed by atoms with van der Waals surface area (Å²) >= 11 is 0. The Kier molecular flexibility index (Phi) is 2.85. The van der Waals surface area contributed by atoms with Gasteiger partial charge in [0, 0.05) is 13.1 Å². The van der Waals surface area contributed by atoms with E-state index in [1.165, 1.54) is 11.1 Å². The zero-order valence-corrected chi connectivity index (χ0v) is 11.8. The molecule has 1 aromatic rings. The molecule has 1 aliphatic carbocycles. The number of carbonyl (C=O) groups is 2. The van der Waals surface area contributed by atoms with Crippen LogP contribution in [0.1, 0.15) is 25.0 Å². The maximum absolute atomic E-state index is 12.6. The molecule has 106 valence electrons. The molecular formula is C16H19NO3. The second-order valence-electron chi connectivity index (χ2n) is 6.39. The van der Waals surface area contributed by atoms with Crippen molar-refractivity contribution in [3.63, 3.8) is 0 Å². The van der Waals surface area contributed by atoms with E-state index in [0.717, 1.165) is 6.42 Å². The number of rotatable bonds is 2. The van der Waals surface area contributed by atoms with Gasteiger partial charge in [-0.1, -0.05) is 38.1 Å². The number of benzene rings is 1. The van der Waals surface area contributed by atoms with E-state index in [9.17, 15) is 14.7 Å². The lowest BCUT2D eigenvalue weighted by atomic mass is 9.99. The van der Waals surface area contributed by atoms with Crippen molar-refractivity contribution in [1.82, 2.24) is 4.90 Å². The van der Waals surface area contributed by atoms with Gasteiger partial charge in [-0.15, -0.1) is 0 Å². The second kappa shape index (κ2) is 4.33. The fourth-order valence-electron chi connectivity index (χ4n) is 3.44. The molecule has 1 aliphatic heterocycles. The summed E-state index contributed by atoms with van der Waals surface area (Å²) in [5.41, 5.74) is 2.05. The predicted molar refractivity (Wildman–Crippen MR) is 74.0 cm³/mol. The molecule has 2 aliphatic rings. The van der Waals surface area contributed by atoms with Crippen molar-refractivity contribution in [2.24, 2.45) is 17.3 Å². The predicted octanol–water partition coefficient (Wildman–Crippen LogP) is 1.93. The van der Waals surface area contributed by atoms with Crippen molar-refractivity contribution in [1.29, 1.82) is 0 Å². The highest BCUT2D eigenvalue weighted by Crippen LogP contribution is 2.59. The quantitative estimate of drug-likeness (QED) is 0.895. The molecule has 4 heteroatoms. The summed E-state index contributed by atoms with van der Waals surface area (Å²) in [6, 6.07) is 8.13. The number of nitrogens with zero attached hydrogens (tertiary/aromatic N) is 1. The zero-order valence-electron chi connectivity index (χ0n) is 11.8. The molecule has 0 spiro atoms. The van der Waals surface area contributed by atoms with E-state index in [1.54, 1.807) is 0 Å². The monoisotopic (exact) mass is 273 g/mol. The fraction of sp³-hybridized carbons (Fsp3) is 0.500. The first-order valence-corrected chi connectivity index (χ1v) is 7.01. The maximum atomic E-state index is 12.6. The van der Waals surface area contributed by atoms with Gasteiger partial charge >= 0.3 is 5.97 Å². The fourth-order valence-corrected chi connectivity index (χ4v) is 3.44. The molecule has 0 unspecified atom stereocenters. The van der Waals surface area contributed by atoms with Gasteiger partial charge < -0.3 is 10.0 Å². The van der Waals surface area contributed by atoms with E-state index in [2.05, 4.69) is 6.07 Å². The molecular weight excluding hydrogens is 254 g/mol. The average Bonchev–Trinajstić information content (AvgIpc) is 3.00. The van der Waals surface area contributed by atoms with Crippen LogP contribution in [0.3, 0.4) is 0 Å². The molecule has 20 heavy (non-hydrogen) atoms. The number of carboxylic acids is 1. The van der Waals surface area contributed by atoms with Crippen LogP contribution in [-0.2, 0) is 22.6 Å². The van der Waals surface area contributed by atoms with Crippen molar-refractivity contribution >= 4 is 11.9 Å². The molecule has 1 amide bonds. The first-order valence-electron chi connectivity index (χ1n) is 7.01. The van der Waals surface area contributed by atoms with Gasteiger partial charge in [0.15, 0.2) is 0 Å². The third kappa shape index (κ3) is 1.90. The van der Waals surface area contributed by atoms with Gasteiger partial charge in [-0.2, -0.15) is 0 Å². The van der Waals surface area contributed by atoms with Crippen LogP contribution >= 0.6 is 0 Å². The number of hydrogen-bond donors (Lipinski definition) is 1. The molecule has 1 heterocycles. The van der Waals surface area contributed by atoms with Crippen molar-refractivity contribution in [3.8, 4) is 0 Å². The van der Waals surface area contributed by atoms with Crippen LogP contribution in [0.4, 0.5) is 0 Å². The molecule has 3 rings (SSSR count). The number of aliphatic carboxylic acids is 1. The third-order valence-corrected chi connectivity index (χ3v) is 4.80. The lowest BCUT2D eigenvalue weighted by Crippen LogP contribution is -2.38. The summed E-state index contributed by atoms with van der Waals surface area (Å²) in [6.07, 6.45) is 0.854. The molecule has 1 N–H and O–H groups in total. The van der Waals surface area contributed by atoms with Crippen molar-refractivity contribution < 1.29 is 14.7 Å². The minimum absolute atomic E-state index is 0.00287. The van der Waals surface area contributed by atoms with E-state index in [4.69, 9.17) is 0 Å². The second-order valence-corrected chi connectivity index (χ2v) is 6.39. The Morgan fingerprint density at radius 2 is 1.85 bits per heavy atom. The summed E-state index contributed by atoms with van der Waals surface area (Å²) in [6.45, 7) is 5.03. The summed E-state index contributed by atoms with van der Waals surface area (Å²) in [5.74, 6) is -1.76. The zero-order chi connectivity index (χ0) is 14.5. The van der Waals surface area contributed by atoms with Gasteiger partial charge in [0.1, 0.15) is 0 Å². The standard InChI is InChI=1S/C16H19NO3/c1-16(2)12(13(16)15(19)20)14(18)17-8-7-10-5-3-4-6-11(10)9-17/h3-6,12-13H,7-9H2,1-2H3,(H,19,20)/t12-,13-/m1/s1. The molecule has 1 fully saturated rings. The minimum Gasteiger partial charge on any atom is -0.481 e. The van der Waals surface area contributed by atoms with E-state index >= 15 is 0 Å². The summed E-state index contributed by atoms with van der Waals surface area (Å²) in [5, 5.41) is 9.19. The minimum atomic E-state index is -0.856. The number of hydrogen-bond acceptors (Lipinski definition) is 2. The van der Waals surface area contributed by atoms with E-state index < -0.39 is 17.3 Å². The Morgan fingerprint density at radius 3 is 2.45 bits per heavy atom. The SMILES string of the molecule is CC1(C)[C@@H](C(=O)O)[C@@H]1C(=O)N1CCc2ccccc2C1. The van der Waals surface area contributed by atoms with Crippen LogP contribution in [0.25, 0.3) is 0 Å². The van der Waals surface area contributed by atoms with Crippen molar-refractivity contribution in [2.45, 2.75) is 26.8 Å². The highest BCUT2D eigenvalue weighted by atomic mass is 16.4. The number of fused-ring (bicyclic) bond motifs is 1. The highest BCUT2D eigenvalue weighted by Gasteiger charge is 2.66. The molecule has 2 atom stereocenters. The van der Waals surface area contributed by atoms with Gasteiger partial charge in [0.25, 0.3) is 0 Å². The van der Waals surface area contributed by atoms with Gasteiger partial charge in [0.2, 0.25) is 5.91 Å². The molecule has 0 bridgehead atoms. The Bertz CT molecular complexity index is 579. The summed E-state index contributed by atoms with van der Waals surface area (Å²) in [7, 11) is 0. The molecule has 0 aromatic heterocycles. The third-order valence-electron chi connectivity index (χ3n) is 4.80. The molecule has 1 saturated carbocycles. The maximum Gasteiger partial charge on any atom is 0.307 e. The van der Waals surface area contributed by atoms with E-state index in [0.29, 0.717) is 13.1 Å². The molecule has 0 saturated heterocycles. The van der Waals surface area contributed by atoms with E-state index in [-0.39, 0.29) is 11.8 Å². The van der Waals surface area contributed by atoms with Gasteiger partial charge in [-0.25, -0.2) is 0 Å². The Hall–Kier alpha value is -1.84. The van der Waals surface area contributed by atoms with Crippen LogP contribution in [0.15, 0.2) is 24.3 Å². The Labute approximate surface area is 118 Å². The van der Waals surface area contributed by atoms with Gasteiger partial charge in [0.05, 0.1) is 11.8 Å². The van der Waals surface area contributed by atoms with Crippen LogP contribution in [0.5, 0.6) is 0 Å². The number of amides is 1. The summed E-state index contributed by atoms with van der Waals surface area (Å²) < 4.78 is 0. The van der Waals surface area contributed by atoms with Crippen molar-refractivity contribution in [2.75, 3.05) is 6.54 Å². The first kappa shape index (κ1) is 13.2. The normalized spacial score (nSPS) is 26.8. The van der Waals surface area contributed by atoms with Crippen LogP contribution in [-0.4, -0.2) is 28.4 Å². The first-order chi connectivity index (χ1) is 9.43. The van der Waals surface area contributed by atoms with Crippen LogP contribution < -0.4 is 0 Å². The Balaban J connectivity index is 1.76. The average molecular weight is 273 g/mol. The van der Waals surface area contributed by atoms with Crippen molar-refractivity contribution in [3.05, 3.63) is 35.4 Å². The van der Waals surface area contributed by atoms with E-state index in [1.807, 2.05) is 36.9 Å². The van der Waals surface area contributed by atoms with Gasteiger partial charge in [-0.05, 0) is 23.0 Å². The molecule has 0 radical (unpaired) electrons. The smallest absolute Gasteiger partial charge is 0.307 e. The lowest BCUT2D eigenvalue weighted by molar-refractivity contribution is -0.142.